The van der Waals surface area contributed by atoms with Gasteiger partial charge in [-0.1, -0.05) is 43.7 Å². The Bertz CT molecular complexity index is 1780. The van der Waals surface area contributed by atoms with Gasteiger partial charge in [-0.15, -0.1) is 0 Å². The molecule has 0 aliphatic carbocycles. The van der Waals surface area contributed by atoms with Crippen LogP contribution in [0.4, 0.5) is 4.79 Å². The minimum atomic E-state index is -0.953. The molecule has 1 saturated heterocycles. The second-order valence-corrected chi connectivity index (χ2v) is 11.7. The first-order valence-corrected chi connectivity index (χ1v) is 14.9. The summed E-state index contributed by atoms with van der Waals surface area (Å²) in [5, 5.41) is 4.11. The van der Waals surface area contributed by atoms with Gasteiger partial charge in [0.25, 0.3) is 5.24 Å². The van der Waals surface area contributed by atoms with Gasteiger partial charge in [0.2, 0.25) is 5.91 Å². The summed E-state index contributed by atoms with van der Waals surface area (Å²) < 4.78 is 23.3. The maximum Gasteiger partial charge on any atom is 0.287 e. The molecule has 0 radical (unpaired) electrons. The van der Waals surface area contributed by atoms with Gasteiger partial charge in [0.1, 0.15) is 38.9 Å². The highest BCUT2D eigenvalue weighted by Gasteiger charge is 2.45. The second-order valence-electron chi connectivity index (χ2n) is 10.3. The van der Waals surface area contributed by atoms with Gasteiger partial charge in [-0.25, -0.2) is 0 Å². The number of furan rings is 1. The number of imide groups is 1. The predicted molar refractivity (Wildman–Crippen MR) is 165 cm³/mol. The Balaban J connectivity index is 1.06. The number of carbonyl (C=O) groups excluding carboxylic acids is 2. The Morgan fingerprint density at radius 2 is 1.60 bits per heavy atom. The van der Waals surface area contributed by atoms with Crippen molar-refractivity contribution in [2.45, 2.75) is 37.9 Å². The van der Waals surface area contributed by atoms with Crippen molar-refractivity contribution in [3.05, 3.63) is 96.1 Å². The van der Waals surface area contributed by atoms with Crippen molar-refractivity contribution in [1.29, 1.82) is 0 Å². The van der Waals surface area contributed by atoms with Crippen molar-refractivity contribution < 1.29 is 28.2 Å². The summed E-state index contributed by atoms with van der Waals surface area (Å²) in [7, 11) is 0. The summed E-state index contributed by atoms with van der Waals surface area (Å²) in [5.41, 5.74) is 3.52. The lowest BCUT2D eigenvalue weighted by atomic mass is 9.99. The summed E-state index contributed by atoms with van der Waals surface area (Å²) in [5.74, 6) is 2.68. The first-order chi connectivity index (χ1) is 20.4. The molecule has 2 heterocycles. The topological polar surface area (TPSA) is 87.0 Å². The monoisotopic (exact) mass is 581 g/mol. The van der Waals surface area contributed by atoms with E-state index in [0.29, 0.717) is 25.4 Å². The summed E-state index contributed by atoms with van der Waals surface area (Å²) >= 11 is 0.987. The lowest BCUT2D eigenvalue weighted by Gasteiger charge is -2.19. The molecule has 1 aliphatic heterocycles. The van der Waals surface area contributed by atoms with E-state index in [-0.39, 0.29) is 11.1 Å². The zero-order valence-electron chi connectivity index (χ0n) is 23.5. The molecule has 8 heteroatoms. The maximum atomic E-state index is 12.3. The van der Waals surface area contributed by atoms with Gasteiger partial charge in [-0.2, -0.15) is 0 Å². The third kappa shape index (κ3) is 5.67. The Kier molecular flexibility index (Phi) is 7.80. The summed E-state index contributed by atoms with van der Waals surface area (Å²) in [4.78, 5) is 24.0. The number of fused-ring (bicyclic) bond motifs is 3. The average Bonchev–Trinajstić information content (AvgIpc) is 3.49. The fourth-order valence-corrected chi connectivity index (χ4v) is 6.01. The highest BCUT2D eigenvalue weighted by molar-refractivity contribution is 8.15. The highest BCUT2D eigenvalue weighted by atomic mass is 32.2. The van der Waals surface area contributed by atoms with Gasteiger partial charge < -0.3 is 18.6 Å². The maximum absolute atomic E-state index is 12.3. The predicted octanol–water partition coefficient (Wildman–Crippen LogP) is 8.38. The molecule has 214 valence electrons. The van der Waals surface area contributed by atoms with Crippen LogP contribution in [0.2, 0.25) is 0 Å². The van der Waals surface area contributed by atoms with Crippen LogP contribution in [0.1, 0.15) is 37.8 Å². The molecule has 0 saturated carbocycles. The molecule has 0 bridgehead atoms. The van der Waals surface area contributed by atoms with E-state index >= 15 is 0 Å². The number of hydrogen-bond acceptors (Lipinski definition) is 7. The zero-order chi connectivity index (χ0) is 29.1. The number of thioether (sulfide) groups is 1. The third-order valence-corrected chi connectivity index (χ3v) is 8.40. The molecule has 1 fully saturated rings. The normalized spacial score (nSPS) is 16.6. The van der Waals surface area contributed by atoms with Crippen LogP contribution in [0, 0.1) is 0 Å². The van der Waals surface area contributed by atoms with Crippen LogP contribution >= 0.6 is 11.8 Å². The molecule has 42 heavy (non-hydrogen) atoms. The van der Waals surface area contributed by atoms with Crippen LogP contribution in [-0.2, 0) is 16.0 Å². The number of ether oxygens (including phenoxy) is 3. The van der Waals surface area contributed by atoms with Gasteiger partial charge in [-0.3, -0.25) is 14.9 Å². The van der Waals surface area contributed by atoms with Crippen molar-refractivity contribution >= 4 is 44.8 Å². The molecule has 0 spiro atoms. The lowest BCUT2D eigenvalue weighted by molar-refractivity contribution is -0.121. The van der Waals surface area contributed by atoms with E-state index < -0.39 is 4.75 Å². The Hall–Kier alpha value is -4.43. The van der Waals surface area contributed by atoms with Gasteiger partial charge in [0.15, 0.2) is 0 Å². The minimum absolute atomic E-state index is 0.310. The molecule has 4 aromatic carbocycles. The van der Waals surface area contributed by atoms with E-state index in [1.807, 2.05) is 78.9 Å². The number of carbonyl (C=O) groups is 2. The van der Waals surface area contributed by atoms with E-state index in [1.54, 1.807) is 6.92 Å². The summed E-state index contributed by atoms with van der Waals surface area (Å²) in [6.07, 6.45) is 2.53. The highest BCUT2D eigenvalue weighted by Crippen LogP contribution is 2.42. The largest absolute Gasteiger partial charge is 0.493 e. The van der Waals surface area contributed by atoms with Crippen molar-refractivity contribution in [3.8, 4) is 23.0 Å². The van der Waals surface area contributed by atoms with E-state index in [9.17, 15) is 9.59 Å². The molecule has 6 rings (SSSR count). The quantitative estimate of drug-likeness (QED) is 0.157. The molecule has 1 N–H and O–H groups in total. The number of hydrogen-bond donors (Lipinski definition) is 1. The van der Waals surface area contributed by atoms with E-state index in [4.69, 9.17) is 18.6 Å². The van der Waals surface area contributed by atoms with Gasteiger partial charge in [0.05, 0.1) is 13.2 Å². The molecule has 7 nitrogen and oxygen atoms in total. The molecule has 5 aromatic rings. The van der Waals surface area contributed by atoms with Crippen LogP contribution in [-0.4, -0.2) is 24.4 Å². The SMILES string of the molecule is CCCc1cc(Oc2ccc3oc4ccccc4c3c2)ccc1OCCCOc1cccc(C2(C)SC(=O)NC2=O)c1. The molecular weight excluding hydrogens is 550 g/mol. The lowest BCUT2D eigenvalue weighted by Crippen LogP contribution is -2.31. The van der Waals surface area contributed by atoms with Crippen LogP contribution in [0.15, 0.2) is 89.3 Å². The smallest absolute Gasteiger partial charge is 0.287 e. The van der Waals surface area contributed by atoms with Crippen LogP contribution < -0.4 is 19.5 Å². The second kappa shape index (κ2) is 11.8. The van der Waals surface area contributed by atoms with Crippen molar-refractivity contribution in [3.63, 3.8) is 0 Å². The third-order valence-electron chi connectivity index (χ3n) is 7.28. The Morgan fingerprint density at radius 1 is 0.810 bits per heavy atom. The first-order valence-electron chi connectivity index (χ1n) is 14.1. The Morgan fingerprint density at radius 3 is 2.43 bits per heavy atom. The molecule has 2 amide bonds. The molecule has 1 aromatic heterocycles. The molecule has 1 aliphatic rings. The molecular formula is C34H31NO6S. The standard InChI is InChI=1S/C34H31NO6S/c1-3-8-22-19-25(40-26-14-16-31-28(21-26)27-11-4-5-12-30(27)41-31)13-15-29(22)39-18-7-17-38-24-10-6-9-23(20-24)34(2)32(36)35-33(37)42-34/h4-6,9-16,19-21H,3,7-8,17-18H2,1-2H3,(H,35,36,37). The molecule has 1 unspecified atom stereocenters. The van der Waals surface area contributed by atoms with E-state index in [0.717, 1.165) is 74.9 Å². The number of amides is 2. The van der Waals surface area contributed by atoms with Gasteiger partial charge in [0, 0.05) is 17.2 Å². The number of benzene rings is 4. The fourth-order valence-electron chi connectivity index (χ4n) is 5.10. The van der Waals surface area contributed by atoms with Crippen LogP contribution in [0.5, 0.6) is 23.0 Å². The number of rotatable bonds is 11. The minimum Gasteiger partial charge on any atom is -0.493 e. The number of para-hydroxylation sites is 1. The van der Waals surface area contributed by atoms with Crippen LogP contribution in [0.25, 0.3) is 21.9 Å². The summed E-state index contributed by atoms with van der Waals surface area (Å²) in [6.45, 7) is 4.83. The van der Waals surface area contributed by atoms with Gasteiger partial charge >= 0.3 is 0 Å². The van der Waals surface area contributed by atoms with Crippen LogP contribution in [0.3, 0.4) is 0 Å². The van der Waals surface area contributed by atoms with Crippen molar-refractivity contribution in [1.82, 2.24) is 5.32 Å². The van der Waals surface area contributed by atoms with E-state index in [1.165, 1.54) is 0 Å². The fraction of sp³-hybridized carbons (Fsp3) is 0.235. The van der Waals surface area contributed by atoms with Crippen molar-refractivity contribution in [2.24, 2.45) is 0 Å². The zero-order valence-corrected chi connectivity index (χ0v) is 24.3. The average molecular weight is 582 g/mol. The number of nitrogens with one attached hydrogen (secondary N) is 1. The van der Waals surface area contributed by atoms with E-state index in [2.05, 4.69) is 18.3 Å². The number of aryl methyl sites for hydroxylation is 1. The van der Waals surface area contributed by atoms with Gasteiger partial charge in [-0.05, 0) is 90.8 Å². The summed E-state index contributed by atoms with van der Waals surface area (Å²) in [6, 6.07) is 27.1. The first kappa shape index (κ1) is 27.7. The molecule has 1 atom stereocenters. The van der Waals surface area contributed by atoms with Crippen molar-refractivity contribution in [2.75, 3.05) is 13.2 Å². The Labute approximate surface area is 248 Å².